The van der Waals surface area contributed by atoms with E-state index in [1.165, 1.54) is 19.3 Å². The highest BCUT2D eigenvalue weighted by Gasteiger charge is 2.61. The van der Waals surface area contributed by atoms with Crippen LogP contribution in [0.3, 0.4) is 0 Å². The largest absolute Gasteiger partial charge is 0.459 e. The number of carbonyl (C=O) groups excluding carboxylic acids is 1. The molecule has 0 aromatic heterocycles. The van der Waals surface area contributed by atoms with Gasteiger partial charge >= 0.3 is 5.97 Å². The molecule has 3 unspecified atom stereocenters. The van der Waals surface area contributed by atoms with E-state index in [4.69, 9.17) is 9.47 Å². The number of likely N-dealkylation sites (N-methyl/N-ethyl adjacent to an activating group) is 1. The normalized spacial score (nSPS) is 32.5. The second kappa shape index (κ2) is 6.36. The minimum Gasteiger partial charge on any atom is -0.459 e. The first-order chi connectivity index (χ1) is 10.5. The summed E-state index contributed by atoms with van der Waals surface area (Å²) in [5.74, 6) is 0.680. The average Bonchev–Trinajstić information content (AvgIpc) is 2.69. The predicted molar refractivity (Wildman–Crippen MR) is 92.0 cm³/mol. The van der Waals surface area contributed by atoms with Crippen LogP contribution in [0.25, 0.3) is 0 Å². The molecule has 2 aliphatic rings. The average molecular weight is 327 g/mol. The number of fused-ring (bicyclic) bond motifs is 2. The van der Waals surface area contributed by atoms with Crippen molar-refractivity contribution in [3.05, 3.63) is 0 Å². The van der Waals surface area contributed by atoms with Crippen molar-refractivity contribution in [1.29, 1.82) is 0 Å². The number of carbonyl (C=O) groups is 1. The maximum Gasteiger partial charge on any atom is 0.362 e. The van der Waals surface area contributed by atoms with Crippen LogP contribution in [0.5, 0.6) is 0 Å². The molecule has 2 fully saturated rings. The molecule has 0 N–H and O–H groups in total. The van der Waals surface area contributed by atoms with E-state index in [-0.39, 0.29) is 12.1 Å². The Labute approximate surface area is 142 Å². The van der Waals surface area contributed by atoms with Crippen LogP contribution in [0.4, 0.5) is 0 Å². The third kappa shape index (κ3) is 3.74. The second-order valence-electron chi connectivity index (χ2n) is 9.33. The first-order valence-corrected chi connectivity index (χ1v) is 9.11. The van der Waals surface area contributed by atoms with Crippen LogP contribution < -0.4 is 0 Å². The molecule has 2 aliphatic carbocycles. The lowest BCUT2D eigenvalue weighted by atomic mass is 9.70. The van der Waals surface area contributed by atoms with Crippen molar-refractivity contribution >= 4 is 5.97 Å². The fourth-order valence-corrected chi connectivity index (χ4v) is 4.55. The Balaban J connectivity index is 1.80. The summed E-state index contributed by atoms with van der Waals surface area (Å²) in [5.41, 5.74) is 0.703. The van der Waals surface area contributed by atoms with Crippen molar-refractivity contribution < 1.29 is 18.8 Å². The lowest BCUT2D eigenvalue weighted by Gasteiger charge is -2.39. The zero-order chi connectivity index (χ0) is 17.5. The van der Waals surface area contributed by atoms with E-state index in [9.17, 15) is 4.79 Å². The van der Waals surface area contributed by atoms with Crippen LogP contribution in [-0.4, -0.2) is 56.5 Å². The Kier molecular flexibility index (Phi) is 5.18. The van der Waals surface area contributed by atoms with Crippen LogP contribution in [0.15, 0.2) is 0 Å². The van der Waals surface area contributed by atoms with Crippen molar-refractivity contribution in [3.8, 4) is 0 Å². The van der Waals surface area contributed by atoms with Gasteiger partial charge in [0.05, 0.1) is 32.9 Å². The van der Waals surface area contributed by atoms with Gasteiger partial charge in [-0.05, 0) is 49.9 Å². The Hall–Kier alpha value is -0.610. The smallest absolute Gasteiger partial charge is 0.362 e. The topological polar surface area (TPSA) is 35.5 Å². The molecule has 23 heavy (non-hydrogen) atoms. The molecule has 4 nitrogen and oxygen atoms in total. The molecule has 0 radical (unpaired) electrons. The summed E-state index contributed by atoms with van der Waals surface area (Å²) in [6.07, 6.45) is 4.17. The minimum atomic E-state index is -0.127. The molecule has 0 aromatic rings. The van der Waals surface area contributed by atoms with E-state index in [1.54, 1.807) is 0 Å². The monoisotopic (exact) mass is 326 g/mol. The molecule has 4 heteroatoms. The summed E-state index contributed by atoms with van der Waals surface area (Å²) in [5, 5.41) is 0. The summed E-state index contributed by atoms with van der Waals surface area (Å²) in [7, 11) is 4.13. The molecule has 0 aromatic carbocycles. The second-order valence-corrected chi connectivity index (χ2v) is 9.33. The molecular formula is C19H36NO3+. The van der Waals surface area contributed by atoms with Crippen LogP contribution in [0, 0.1) is 16.7 Å². The molecule has 0 spiro atoms. The van der Waals surface area contributed by atoms with Crippen molar-refractivity contribution in [2.75, 3.05) is 33.8 Å². The highest BCUT2D eigenvalue weighted by molar-refractivity contribution is 5.70. The molecule has 2 rings (SSSR count). The van der Waals surface area contributed by atoms with Crippen LogP contribution in [0.1, 0.15) is 53.9 Å². The van der Waals surface area contributed by atoms with Gasteiger partial charge in [-0.1, -0.05) is 20.8 Å². The van der Waals surface area contributed by atoms with Gasteiger partial charge in [0, 0.05) is 0 Å². The zero-order valence-electron chi connectivity index (χ0n) is 16.1. The highest BCUT2D eigenvalue weighted by atomic mass is 16.5. The van der Waals surface area contributed by atoms with Crippen LogP contribution >= 0.6 is 0 Å². The summed E-state index contributed by atoms with van der Waals surface area (Å²) in [6, 6.07) is 0. The van der Waals surface area contributed by atoms with E-state index in [2.05, 4.69) is 34.9 Å². The third-order valence-corrected chi connectivity index (χ3v) is 6.65. The number of esters is 1. The maximum absolute atomic E-state index is 11.9. The Morgan fingerprint density at radius 1 is 1.26 bits per heavy atom. The highest BCUT2D eigenvalue weighted by Crippen LogP contribution is 2.66. The Bertz CT molecular complexity index is 444. The van der Waals surface area contributed by atoms with Crippen molar-refractivity contribution in [1.82, 2.24) is 0 Å². The number of ether oxygens (including phenoxy) is 2. The molecule has 2 saturated carbocycles. The molecule has 0 saturated heterocycles. The van der Waals surface area contributed by atoms with E-state index >= 15 is 0 Å². The van der Waals surface area contributed by atoms with Crippen molar-refractivity contribution in [2.24, 2.45) is 16.7 Å². The van der Waals surface area contributed by atoms with E-state index in [1.807, 2.05) is 13.8 Å². The first kappa shape index (κ1) is 18.7. The van der Waals surface area contributed by atoms with Gasteiger partial charge in [0.2, 0.25) is 0 Å². The zero-order valence-corrected chi connectivity index (χ0v) is 16.1. The van der Waals surface area contributed by atoms with Crippen molar-refractivity contribution in [2.45, 2.75) is 66.1 Å². The van der Waals surface area contributed by atoms with Gasteiger partial charge in [0.15, 0.2) is 6.54 Å². The SMILES string of the molecule is CC(C)OC(=O)C[N+](C)(C)CCOC1CC2CCC1(C)C2(C)C. The van der Waals surface area contributed by atoms with E-state index in [0.29, 0.717) is 34.6 Å². The molecule has 2 bridgehead atoms. The van der Waals surface area contributed by atoms with Gasteiger partial charge in [0.1, 0.15) is 6.54 Å². The van der Waals surface area contributed by atoms with Crippen molar-refractivity contribution in [3.63, 3.8) is 0 Å². The van der Waals surface area contributed by atoms with Gasteiger partial charge in [-0.3, -0.25) is 0 Å². The summed E-state index contributed by atoms with van der Waals surface area (Å²) in [4.78, 5) is 11.9. The number of hydrogen-bond acceptors (Lipinski definition) is 3. The van der Waals surface area contributed by atoms with E-state index in [0.717, 1.165) is 12.5 Å². The van der Waals surface area contributed by atoms with Gasteiger partial charge in [-0.15, -0.1) is 0 Å². The fraction of sp³-hybridized carbons (Fsp3) is 0.947. The lowest BCUT2D eigenvalue weighted by Crippen LogP contribution is -2.47. The molecule has 0 amide bonds. The van der Waals surface area contributed by atoms with Crippen LogP contribution in [-0.2, 0) is 14.3 Å². The molecular weight excluding hydrogens is 290 g/mol. The van der Waals surface area contributed by atoms with Gasteiger partial charge in [-0.2, -0.15) is 0 Å². The number of hydrogen-bond donors (Lipinski definition) is 0. The van der Waals surface area contributed by atoms with Crippen LogP contribution in [0.2, 0.25) is 0 Å². The summed E-state index contributed by atoms with van der Waals surface area (Å²) in [6.45, 7) is 13.0. The minimum absolute atomic E-state index is 0.0463. The molecule has 3 atom stereocenters. The fourth-order valence-electron chi connectivity index (χ4n) is 4.55. The third-order valence-electron chi connectivity index (χ3n) is 6.65. The first-order valence-electron chi connectivity index (χ1n) is 9.11. The lowest BCUT2D eigenvalue weighted by molar-refractivity contribution is -0.883. The predicted octanol–water partition coefficient (Wildman–Crippen LogP) is 3.25. The quantitative estimate of drug-likeness (QED) is 0.532. The Morgan fingerprint density at radius 2 is 1.91 bits per heavy atom. The number of quaternary nitrogens is 1. The maximum atomic E-state index is 11.9. The molecule has 0 heterocycles. The summed E-state index contributed by atoms with van der Waals surface area (Å²) < 4.78 is 12.2. The molecule has 0 aliphatic heterocycles. The van der Waals surface area contributed by atoms with Gasteiger partial charge in [0.25, 0.3) is 0 Å². The Morgan fingerprint density at radius 3 is 2.39 bits per heavy atom. The standard InChI is InChI=1S/C19H36NO3/c1-14(2)23-17(21)13-20(6,7)10-11-22-16-12-15-8-9-19(16,5)18(15,3)4/h14-16H,8-13H2,1-7H3/q+1. The van der Waals surface area contributed by atoms with E-state index < -0.39 is 0 Å². The van der Waals surface area contributed by atoms with Gasteiger partial charge in [-0.25, -0.2) is 4.79 Å². The van der Waals surface area contributed by atoms with Gasteiger partial charge < -0.3 is 14.0 Å². The number of rotatable bonds is 7. The molecule has 134 valence electrons. The summed E-state index contributed by atoms with van der Waals surface area (Å²) >= 11 is 0. The number of nitrogens with zero attached hydrogens (tertiary/aromatic N) is 1.